The molecule has 4 nitrogen and oxygen atoms in total. The molecule has 2 aliphatic rings. The minimum atomic E-state index is 0.838. The van der Waals surface area contributed by atoms with Crippen LogP contribution in [0.3, 0.4) is 0 Å². The summed E-state index contributed by atoms with van der Waals surface area (Å²) in [5.74, 6) is 1.08. The van der Waals surface area contributed by atoms with Crippen molar-refractivity contribution in [1.82, 2.24) is 9.88 Å². The van der Waals surface area contributed by atoms with Crippen LogP contribution in [0.1, 0.15) is 16.8 Å². The first-order chi connectivity index (χ1) is 10.8. The van der Waals surface area contributed by atoms with E-state index >= 15 is 0 Å². The third kappa shape index (κ3) is 2.83. The molecule has 116 valence electrons. The van der Waals surface area contributed by atoms with Crippen LogP contribution in [0.5, 0.6) is 5.75 Å². The molecule has 5 heteroatoms. The molecule has 1 saturated heterocycles. The highest BCUT2D eigenvalue weighted by Crippen LogP contribution is 2.27. The minimum absolute atomic E-state index is 0.838. The average Bonchev–Trinajstić information content (AvgIpc) is 3.16. The van der Waals surface area contributed by atoms with Gasteiger partial charge in [-0.25, -0.2) is 4.98 Å². The van der Waals surface area contributed by atoms with Gasteiger partial charge in [-0.05, 0) is 24.1 Å². The second-order valence-electron chi connectivity index (χ2n) is 6.08. The molecule has 2 aliphatic heterocycles. The van der Waals surface area contributed by atoms with Crippen LogP contribution in [0, 0.1) is 6.92 Å². The highest BCUT2D eigenvalue weighted by molar-refractivity contribution is 7.13. The van der Waals surface area contributed by atoms with E-state index in [4.69, 9.17) is 4.74 Å². The lowest BCUT2D eigenvalue weighted by Gasteiger charge is -2.34. The molecule has 0 radical (unpaired) electrons. The van der Waals surface area contributed by atoms with Gasteiger partial charge in [0.05, 0.1) is 12.3 Å². The van der Waals surface area contributed by atoms with E-state index in [1.54, 1.807) is 11.3 Å². The number of nitrogens with zero attached hydrogens (tertiary/aromatic N) is 3. The molecular weight excluding hydrogens is 294 g/mol. The van der Waals surface area contributed by atoms with Gasteiger partial charge in [0.2, 0.25) is 0 Å². The van der Waals surface area contributed by atoms with Gasteiger partial charge in [0.1, 0.15) is 5.75 Å². The maximum atomic E-state index is 5.58. The van der Waals surface area contributed by atoms with Crippen LogP contribution < -0.4 is 9.64 Å². The van der Waals surface area contributed by atoms with Crippen molar-refractivity contribution in [1.29, 1.82) is 0 Å². The van der Waals surface area contributed by atoms with Crippen molar-refractivity contribution in [3.63, 3.8) is 0 Å². The van der Waals surface area contributed by atoms with Crippen molar-refractivity contribution in [3.05, 3.63) is 40.4 Å². The van der Waals surface area contributed by atoms with Crippen LogP contribution in [0.2, 0.25) is 0 Å². The molecule has 0 unspecified atom stereocenters. The molecular formula is C17H21N3OS. The molecule has 22 heavy (non-hydrogen) atoms. The Morgan fingerprint density at radius 1 is 1.23 bits per heavy atom. The van der Waals surface area contributed by atoms with Gasteiger partial charge >= 0.3 is 0 Å². The molecule has 0 amide bonds. The van der Waals surface area contributed by atoms with E-state index in [2.05, 4.69) is 45.3 Å². The molecule has 1 aromatic heterocycles. The lowest BCUT2D eigenvalue weighted by Crippen LogP contribution is -2.45. The third-order valence-electron chi connectivity index (χ3n) is 4.41. The first-order valence-electron chi connectivity index (χ1n) is 7.92. The predicted molar refractivity (Wildman–Crippen MR) is 90.0 cm³/mol. The van der Waals surface area contributed by atoms with E-state index < -0.39 is 0 Å². The normalized spacial score (nSPS) is 18.3. The fourth-order valence-electron chi connectivity index (χ4n) is 3.18. The number of hydrogen-bond donors (Lipinski definition) is 0. The van der Waals surface area contributed by atoms with Crippen LogP contribution in [-0.2, 0) is 13.0 Å². The van der Waals surface area contributed by atoms with Gasteiger partial charge in [-0.1, -0.05) is 12.1 Å². The largest absolute Gasteiger partial charge is 0.493 e. The maximum Gasteiger partial charge on any atom is 0.185 e. The molecule has 1 aromatic carbocycles. The van der Waals surface area contributed by atoms with Crippen molar-refractivity contribution in [2.45, 2.75) is 19.9 Å². The molecule has 0 N–H and O–H groups in total. The molecule has 0 saturated carbocycles. The first kappa shape index (κ1) is 14.0. The number of ether oxygens (including phenoxy) is 1. The summed E-state index contributed by atoms with van der Waals surface area (Å²) in [4.78, 5) is 9.54. The molecule has 0 bridgehead atoms. The number of rotatable bonds is 3. The summed E-state index contributed by atoms with van der Waals surface area (Å²) in [6.45, 7) is 8.29. The van der Waals surface area contributed by atoms with Crippen LogP contribution in [0.15, 0.2) is 23.6 Å². The Hall–Kier alpha value is -1.59. The Bertz CT molecular complexity index is 662. The molecule has 0 aliphatic carbocycles. The van der Waals surface area contributed by atoms with E-state index in [-0.39, 0.29) is 0 Å². The zero-order valence-corrected chi connectivity index (χ0v) is 13.7. The Morgan fingerprint density at radius 2 is 2.09 bits per heavy atom. The van der Waals surface area contributed by atoms with Crippen molar-refractivity contribution >= 4 is 16.5 Å². The summed E-state index contributed by atoms with van der Waals surface area (Å²) >= 11 is 1.76. The van der Waals surface area contributed by atoms with Crippen LogP contribution >= 0.6 is 11.3 Å². The molecule has 0 spiro atoms. The number of thiazole rings is 1. The molecule has 0 atom stereocenters. The standard InChI is InChI=1S/C17H21N3OS/c1-13-12-22-17(18-13)20-7-5-19(6-8-20)11-14-2-3-16-15(10-14)4-9-21-16/h2-3,10,12H,4-9,11H2,1H3. The van der Waals surface area contributed by atoms with Crippen LogP contribution in [-0.4, -0.2) is 42.7 Å². The number of aryl methyl sites for hydroxylation is 1. The highest BCUT2D eigenvalue weighted by atomic mass is 32.1. The first-order valence-corrected chi connectivity index (χ1v) is 8.80. The Morgan fingerprint density at radius 3 is 2.86 bits per heavy atom. The number of aromatic nitrogens is 1. The van der Waals surface area contributed by atoms with E-state index in [9.17, 15) is 0 Å². The summed E-state index contributed by atoms with van der Waals surface area (Å²) in [5, 5.41) is 3.31. The highest BCUT2D eigenvalue weighted by Gasteiger charge is 2.20. The number of fused-ring (bicyclic) bond motifs is 1. The second-order valence-corrected chi connectivity index (χ2v) is 6.91. The Kier molecular flexibility index (Phi) is 3.76. The number of anilines is 1. The molecule has 4 rings (SSSR count). The van der Waals surface area contributed by atoms with Gasteiger partial charge in [-0.2, -0.15) is 0 Å². The maximum absolute atomic E-state index is 5.58. The van der Waals surface area contributed by atoms with E-state index in [1.165, 1.54) is 16.3 Å². The van der Waals surface area contributed by atoms with E-state index in [1.807, 2.05) is 0 Å². The predicted octanol–water partition coefficient (Wildman–Crippen LogP) is 2.71. The van der Waals surface area contributed by atoms with Crippen molar-refractivity contribution in [2.75, 3.05) is 37.7 Å². The lowest BCUT2D eigenvalue weighted by atomic mass is 10.1. The monoisotopic (exact) mass is 315 g/mol. The molecule has 3 heterocycles. The molecule has 1 fully saturated rings. The van der Waals surface area contributed by atoms with Crippen LogP contribution in [0.25, 0.3) is 0 Å². The van der Waals surface area contributed by atoms with E-state index in [0.29, 0.717) is 0 Å². The fraction of sp³-hybridized carbons (Fsp3) is 0.471. The minimum Gasteiger partial charge on any atom is -0.493 e. The van der Waals surface area contributed by atoms with Gasteiger partial charge in [0.15, 0.2) is 5.13 Å². The Labute approximate surface area is 135 Å². The Balaban J connectivity index is 1.36. The van der Waals surface area contributed by atoms with Gasteiger partial charge in [0.25, 0.3) is 0 Å². The lowest BCUT2D eigenvalue weighted by molar-refractivity contribution is 0.249. The van der Waals surface area contributed by atoms with E-state index in [0.717, 1.165) is 57.2 Å². The van der Waals surface area contributed by atoms with Crippen molar-refractivity contribution in [3.8, 4) is 5.75 Å². The van der Waals surface area contributed by atoms with Gasteiger partial charge in [-0.3, -0.25) is 4.90 Å². The SMILES string of the molecule is Cc1csc(N2CCN(Cc3ccc4c(c3)CCO4)CC2)n1. The van der Waals surface area contributed by atoms with Gasteiger partial charge in [-0.15, -0.1) is 11.3 Å². The van der Waals surface area contributed by atoms with Gasteiger partial charge < -0.3 is 9.64 Å². The number of benzene rings is 1. The van der Waals surface area contributed by atoms with Gasteiger partial charge in [0, 0.05) is 44.5 Å². The third-order valence-corrected chi connectivity index (χ3v) is 5.43. The summed E-state index contributed by atoms with van der Waals surface area (Å²) < 4.78 is 5.58. The fourth-order valence-corrected chi connectivity index (χ4v) is 4.04. The summed E-state index contributed by atoms with van der Waals surface area (Å²) in [7, 11) is 0. The topological polar surface area (TPSA) is 28.6 Å². The van der Waals surface area contributed by atoms with Crippen molar-refractivity contribution in [2.24, 2.45) is 0 Å². The second kappa shape index (κ2) is 5.89. The number of hydrogen-bond acceptors (Lipinski definition) is 5. The number of piperazine rings is 1. The quantitative estimate of drug-likeness (QED) is 0.871. The van der Waals surface area contributed by atoms with Crippen molar-refractivity contribution < 1.29 is 4.74 Å². The van der Waals surface area contributed by atoms with Crippen LogP contribution in [0.4, 0.5) is 5.13 Å². The average molecular weight is 315 g/mol. The zero-order valence-electron chi connectivity index (χ0n) is 12.9. The zero-order chi connectivity index (χ0) is 14.9. The summed E-state index contributed by atoms with van der Waals surface area (Å²) in [6, 6.07) is 6.66. The molecule has 2 aromatic rings. The summed E-state index contributed by atoms with van der Waals surface area (Å²) in [5.41, 5.74) is 3.90. The summed E-state index contributed by atoms with van der Waals surface area (Å²) in [6.07, 6.45) is 1.06. The smallest absolute Gasteiger partial charge is 0.185 e.